The minimum absolute atomic E-state index is 0.0817. The van der Waals surface area contributed by atoms with Crippen LogP contribution in [0.2, 0.25) is 0 Å². The number of methoxy groups -OCH3 is 1. The van der Waals surface area contributed by atoms with E-state index in [1.54, 1.807) is 23.1 Å². The Bertz CT molecular complexity index is 1040. The Kier molecular flexibility index (Phi) is 11.7. The first-order chi connectivity index (χ1) is 19.4. The molecule has 41 heavy (non-hydrogen) atoms. The predicted octanol–water partition coefficient (Wildman–Crippen LogP) is 2.94. The molecule has 0 saturated carbocycles. The van der Waals surface area contributed by atoms with E-state index in [4.69, 9.17) is 14.5 Å². The monoisotopic (exact) mass is 576 g/mol. The summed E-state index contributed by atoms with van der Waals surface area (Å²) in [6.45, 7) is 14.0. The van der Waals surface area contributed by atoms with Crippen LogP contribution in [0.25, 0.3) is 0 Å². The van der Waals surface area contributed by atoms with Gasteiger partial charge in [-0.3, -0.25) is 9.59 Å². The van der Waals surface area contributed by atoms with Gasteiger partial charge in [0.05, 0.1) is 18.6 Å². The fourth-order valence-corrected chi connectivity index (χ4v) is 5.26. The van der Waals surface area contributed by atoms with Crippen LogP contribution in [0.4, 0.5) is 10.6 Å². The highest BCUT2D eigenvalue weighted by Crippen LogP contribution is 2.28. The third-order valence-electron chi connectivity index (χ3n) is 7.35. The number of carbonyl (C=O) groups is 3. The second kappa shape index (κ2) is 14.8. The van der Waals surface area contributed by atoms with Crippen molar-refractivity contribution in [1.29, 1.82) is 0 Å². The smallest absolute Gasteiger partial charge is 0.407 e. The maximum absolute atomic E-state index is 14.3. The minimum Gasteiger partial charge on any atom is -0.465 e. The molecular formula is C29H48N6O6. The molecule has 1 aromatic rings. The summed E-state index contributed by atoms with van der Waals surface area (Å²) in [4.78, 5) is 54.0. The normalized spacial score (nSPS) is 20.1. The molecule has 3 rings (SSSR count). The Hall–Kier alpha value is -2.99. The summed E-state index contributed by atoms with van der Waals surface area (Å²) >= 11 is 0. The number of aromatic nitrogens is 2. The topological polar surface area (TPSA) is 137 Å². The molecule has 230 valence electrons. The lowest BCUT2D eigenvalue weighted by atomic mass is 9.91. The van der Waals surface area contributed by atoms with Gasteiger partial charge in [-0.2, -0.15) is 0 Å². The van der Waals surface area contributed by atoms with Crippen molar-refractivity contribution in [3.8, 4) is 0 Å². The Morgan fingerprint density at radius 2 is 1.95 bits per heavy atom. The summed E-state index contributed by atoms with van der Waals surface area (Å²) in [7, 11) is 1.64. The van der Waals surface area contributed by atoms with Crippen LogP contribution in [0.15, 0.2) is 6.20 Å². The van der Waals surface area contributed by atoms with Gasteiger partial charge >= 0.3 is 6.09 Å². The molecule has 1 aromatic heterocycles. The summed E-state index contributed by atoms with van der Waals surface area (Å²) < 4.78 is 10.7. The Morgan fingerprint density at radius 3 is 2.61 bits per heavy atom. The number of hydrogen-bond acceptors (Lipinski definition) is 8. The number of likely N-dealkylation sites (tertiary alicyclic amines) is 1. The third-order valence-corrected chi connectivity index (χ3v) is 7.35. The number of piperidine rings is 1. The van der Waals surface area contributed by atoms with Gasteiger partial charge in [-0.1, -0.05) is 34.6 Å². The quantitative estimate of drug-likeness (QED) is 0.403. The average Bonchev–Trinajstić information content (AvgIpc) is 3.22. The number of nitrogens with zero attached hydrogens (tertiary/aromatic N) is 5. The summed E-state index contributed by atoms with van der Waals surface area (Å²) in [5.74, 6) is 0.269. The number of ether oxygens (including phenoxy) is 2. The van der Waals surface area contributed by atoms with Gasteiger partial charge in [0.2, 0.25) is 5.91 Å². The number of nitrogens with one attached hydrogen (secondary N) is 1. The molecule has 0 aromatic carbocycles. The lowest BCUT2D eigenvalue weighted by Gasteiger charge is -2.43. The molecule has 2 N–H and O–H groups in total. The average molecular weight is 577 g/mol. The number of carbonyl (C=O) groups excluding carboxylic acids is 2. The number of amides is 3. The predicted molar refractivity (Wildman–Crippen MR) is 155 cm³/mol. The van der Waals surface area contributed by atoms with Crippen molar-refractivity contribution in [3.63, 3.8) is 0 Å². The van der Waals surface area contributed by atoms with E-state index in [0.29, 0.717) is 69.6 Å². The number of hydrogen-bond donors (Lipinski definition) is 2. The molecule has 12 heteroatoms. The molecule has 0 aliphatic carbocycles. The van der Waals surface area contributed by atoms with Crippen molar-refractivity contribution < 1.29 is 29.0 Å². The largest absolute Gasteiger partial charge is 0.465 e. The van der Waals surface area contributed by atoms with Crippen molar-refractivity contribution in [3.05, 3.63) is 17.6 Å². The highest BCUT2D eigenvalue weighted by Gasteiger charge is 2.40. The van der Waals surface area contributed by atoms with E-state index in [-0.39, 0.29) is 36.2 Å². The van der Waals surface area contributed by atoms with Gasteiger partial charge < -0.3 is 34.6 Å². The first-order valence-corrected chi connectivity index (χ1v) is 14.7. The number of carboxylic acid groups (broad SMARTS) is 1. The van der Waals surface area contributed by atoms with Crippen LogP contribution in [-0.4, -0.2) is 120 Å². The van der Waals surface area contributed by atoms with Gasteiger partial charge in [0.25, 0.3) is 5.91 Å². The summed E-state index contributed by atoms with van der Waals surface area (Å²) in [6, 6.07) is -0.476. The third kappa shape index (κ3) is 9.00. The van der Waals surface area contributed by atoms with E-state index in [0.717, 1.165) is 12.8 Å². The lowest BCUT2D eigenvalue weighted by Crippen LogP contribution is -2.57. The molecule has 2 atom stereocenters. The highest BCUT2D eigenvalue weighted by molar-refractivity contribution is 5.98. The van der Waals surface area contributed by atoms with Crippen molar-refractivity contribution in [1.82, 2.24) is 24.7 Å². The van der Waals surface area contributed by atoms with Crippen LogP contribution in [0.3, 0.4) is 0 Å². The van der Waals surface area contributed by atoms with E-state index < -0.39 is 18.1 Å². The van der Waals surface area contributed by atoms with Crippen molar-refractivity contribution in [2.45, 2.75) is 65.3 Å². The van der Waals surface area contributed by atoms with Crippen LogP contribution in [0.1, 0.15) is 70.1 Å². The molecule has 12 nitrogen and oxygen atoms in total. The Labute approximate surface area is 243 Å². The lowest BCUT2D eigenvalue weighted by molar-refractivity contribution is -0.138. The van der Waals surface area contributed by atoms with Gasteiger partial charge in [-0.25, -0.2) is 14.8 Å². The van der Waals surface area contributed by atoms with Gasteiger partial charge in [0.1, 0.15) is 17.2 Å². The van der Waals surface area contributed by atoms with Crippen LogP contribution in [-0.2, 0) is 19.7 Å². The second-order valence-corrected chi connectivity index (χ2v) is 12.4. The van der Waals surface area contributed by atoms with E-state index in [9.17, 15) is 19.5 Å². The van der Waals surface area contributed by atoms with Crippen LogP contribution in [0.5, 0.6) is 0 Å². The van der Waals surface area contributed by atoms with Gasteiger partial charge in [-0.05, 0) is 25.2 Å². The molecule has 2 saturated heterocycles. The maximum atomic E-state index is 14.3. The SMILES string of the molecule is COCCCNc1nc(C(C)(C)C)ncc1C(=O)N(CC(C)C)[C@H]1C[C@@H](C(=O)N2CCCOCC2)CN(C(=O)O)C1. The van der Waals surface area contributed by atoms with E-state index in [2.05, 4.69) is 10.3 Å². The fourth-order valence-electron chi connectivity index (χ4n) is 5.26. The van der Waals surface area contributed by atoms with Crippen molar-refractivity contribution >= 4 is 23.7 Å². The zero-order chi connectivity index (χ0) is 30.2. The van der Waals surface area contributed by atoms with Crippen molar-refractivity contribution in [2.24, 2.45) is 11.8 Å². The summed E-state index contributed by atoms with van der Waals surface area (Å²) in [5.41, 5.74) is 0.00971. The zero-order valence-electron chi connectivity index (χ0n) is 25.5. The summed E-state index contributed by atoms with van der Waals surface area (Å²) in [6.07, 6.45) is 2.33. The minimum atomic E-state index is -1.10. The first kappa shape index (κ1) is 32.5. The molecule has 0 radical (unpaired) electrons. The molecule has 0 unspecified atom stereocenters. The van der Waals surface area contributed by atoms with E-state index >= 15 is 0 Å². The van der Waals surface area contributed by atoms with Crippen LogP contribution in [0, 0.1) is 11.8 Å². The highest BCUT2D eigenvalue weighted by atomic mass is 16.5. The Balaban J connectivity index is 1.94. The maximum Gasteiger partial charge on any atom is 0.407 e. The molecule has 2 aliphatic rings. The Morgan fingerprint density at radius 1 is 1.20 bits per heavy atom. The van der Waals surface area contributed by atoms with E-state index in [1.807, 2.05) is 34.6 Å². The molecule has 3 heterocycles. The molecular weight excluding hydrogens is 528 g/mol. The van der Waals surface area contributed by atoms with Crippen LogP contribution < -0.4 is 5.32 Å². The number of rotatable bonds is 10. The zero-order valence-corrected chi connectivity index (χ0v) is 25.5. The van der Waals surface area contributed by atoms with E-state index in [1.165, 1.54) is 4.90 Å². The summed E-state index contributed by atoms with van der Waals surface area (Å²) in [5, 5.41) is 13.3. The molecule has 3 amide bonds. The molecule has 0 bridgehead atoms. The molecule has 2 aliphatic heterocycles. The fraction of sp³-hybridized carbons (Fsp3) is 0.759. The number of anilines is 1. The van der Waals surface area contributed by atoms with Gasteiger partial charge in [0, 0.05) is 71.2 Å². The van der Waals surface area contributed by atoms with Gasteiger partial charge in [0.15, 0.2) is 0 Å². The molecule has 0 spiro atoms. The second-order valence-electron chi connectivity index (χ2n) is 12.4. The first-order valence-electron chi connectivity index (χ1n) is 14.7. The standard InChI is InChI=1S/C29H48N6O6/c1-20(2)17-35(26(37)23-16-31-27(29(3,4)5)32-24(23)30-9-7-12-40-6)22-15-21(18-34(19-22)28(38)39)25(36)33-10-8-13-41-14-11-33/h16,20-22H,7-15,17-19H2,1-6H3,(H,38,39)(H,30,31,32)/t21-,22+/m1/s1. The van der Waals surface area contributed by atoms with Crippen LogP contribution >= 0.6 is 0 Å². The van der Waals surface area contributed by atoms with Gasteiger partial charge in [-0.15, -0.1) is 0 Å². The van der Waals surface area contributed by atoms with Crippen molar-refractivity contribution in [2.75, 3.05) is 71.5 Å². The molecule has 2 fully saturated rings.